The van der Waals surface area contributed by atoms with Gasteiger partial charge in [0.05, 0.1) is 20.2 Å². The van der Waals surface area contributed by atoms with Gasteiger partial charge in [0.1, 0.15) is 5.75 Å². The molecular formula is C20H21F2N3O3. The van der Waals surface area contributed by atoms with Crippen molar-refractivity contribution in [2.24, 2.45) is 0 Å². The monoisotopic (exact) mass is 389 g/mol. The Bertz CT molecular complexity index is 876. The molecule has 0 radical (unpaired) electrons. The molecule has 6 nitrogen and oxygen atoms in total. The maximum Gasteiger partial charge on any atom is 0.238 e. The highest BCUT2D eigenvalue weighted by atomic mass is 19.2. The molecular weight excluding hydrogens is 368 g/mol. The molecule has 0 aliphatic carbocycles. The lowest BCUT2D eigenvalue weighted by molar-refractivity contribution is -0.137. The molecule has 0 aromatic heterocycles. The van der Waals surface area contributed by atoms with E-state index in [1.54, 1.807) is 41.2 Å². The quantitative estimate of drug-likeness (QED) is 0.823. The van der Waals surface area contributed by atoms with Crippen LogP contribution in [0.25, 0.3) is 0 Å². The van der Waals surface area contributed by atoms with Gasteiger partial charge in [0, 0.05) is 31.4 Å². The van der Waals surface area contributed by atoms with Crippen molar-refractivity contribution in [3.8, 4) is 5.75 Å². The number of anilines is 1. The van der Waals surface area contributed by atoms with Gasteiger partial charge in [-0.15, -0.1) is 0 Å². The standard InChI is InChI=1S/C20H21F2N3O3/c1-28-16-4-2-3-15(10-16)23-19(26)12-24-7-8-25(20(27)13-24)11-14-5-6-17(21)18(22)9-14/h2-6,9-10H,7-8,11-13H2,1H3,(H,23,26). The molecule has 0 spiro atoms. The summed E-state index contributed by atoms with van der Waals surface area (Å²) in [6.45, 7) is 1.31. The molecule has 1 fully saturated rings. The number of hydrogen-bond donors (Lipinski definition) is 1. The number of piperazine rings is 1. The van der Waals surface area contributed by atoms with Crippen molar-refractivity contribution in [1.82, 2.24) is 9.80 Å². The summed E-state index contributed by atoms with van der Waals surface area (Å²) in [5.41, 5.74) is 1.14. The molecule has 0 bridgehead atoms. The molecule has 1 N–H and O–H groups in total. The topological polar surface area (TPSA) is 61.9 Å². The van der Waals surface area contributed by atoms with E-state index in [4.69, 9.17) is 4.74 Å². The zero-order chi connectivity index (χ0) is 20.1. The Morgan fingerprint density at radius 1 is 1.14 bits per heavy atom. The third-order valence-electron chi connectivity index (χ3n) is 4.48. The number of carbonyl (C=O) groups excluding carboxylic acids is 2. The van der Waals surface area contributed by atoms with Crippen molar-refractivity contribution in [2.45, 2.75) is 6.54 Å². The highest BCUT2D eigenvalue weighted by Crippen LogP contribution is 2.17. The van der Waals surface area contributed by atoms with Gasteiger partial charge in [-0.2, -0.15) is 0 Å². The van der Waals surface area contributed by atoms with Crippen molar-refractivity contribution in [2.75, 3.05) is 38.6 Å². The highest BCUT2D eigenvalue weighted by Gasteiger charge is 2.25. The number of ether oxygens (including phenoxy) is 1. The molecule has 0 unspecified atom stereocenters. The van der Waals surface area contributed by atoms with Crippen LogP contribution in [-0.4, -0.2) is 54.9 Å². The Morgan fingerprint density at radius 2 is 1.96 bits per heavy atom. The minimum atomic E-state index is -0.933. The van der Waals surface area contributed by atoms with Crippen molar-refractivity contribution < 1.29 is 23.1 Å². The number of amides is 2. The third kappa shape index (κ3) is 5.04. The molecule has 0 saturated carbocycles. The minimum Gasteiger partial charge on any atom is -0.497 e. The fourth-order valence-corrected chi connectivity index (χ4v) is 3.02. The molecule has 3 rings (SSSR count). The zero-order valence-corrected chi connectivity index (χ0v) is 15.5. The van der Waals surface area contributed by atoms with Crippen molar-refractivity contribution in [1.29, 1.82) is 0 Å². The summed E-state index contributed by atoms with van der Waals surface area (Å²) >= 11 is 0. The summed E-state index contributed by atoms with van der Waals surface area (Å²) < 4.78 is 31.5. The van der Waals surface area contributed by atoms with Crippen LogP contribution in [0, 0.1) is 11.6 Å². The zero-order valence-electron chi connectivity index (χ0n) is 15.5. The van der Waals surface area contributed by atoms with Gasteiger partial charge >= 0.3 is 0 Å². The number of hydrogen-bond acceptors (Lipinski definition) is 4. The second-order valence-corrected chi connectivity index (χ2v) is 6.55. The van der Waals surface area contributed by atoms with E-state index in [0.29, 0.717) is 30.1 Å². The minimum absolute atomic E-state index is 0.0853. The number of halogens is 2. The van der Waals surface area contributed by atoms with Crippen LogP contribution in [0.3, 0.4) is 0 Å². The Hall–Kier alpha value is -3.00. The summed E-state index contributed by atoms with van der Waals surface area (Å²) in [4.78, 5) is 27.9. The van der Waals surface area contributed by atoms with Crippen LogP contribution in [0.4, 0.5) is 14.5 Å². The van der Waals surface area contributed by atoms with Crippen LogP contribution in [0.15, 0.2) is 42.5 Å². The van der Waals surface area contributed by atoms with E-state index in [-0.39, 0.29) is 31.4 Å². The lowest BCUT2D eigenvalue weighted by Gasteiger charge is -2.34. The maximum absolute atomic E-state index is 13.3. The number of rotatable bonds is 6. The van der Waals surface area contributed by atoms with Gasteiger partial charge in [0.2, 0.25) is 11.8 Å². The van der Waals surface area contributed by atoms with Gasteiger partial charge in [-0.3, -0.25) is 14.5 Å². The van der Waals surface area contributed by atoms with Gasteiger partial charge in [0.25, 0.3) is 0 Å². The molecule has 1 aliphatic rings. The number of nitrogens with zero attached hydrogens (tertiary/aromatic N) is 2. The van der Waals surface area contributed by atoms with E-state index in [9.17, 15) is 18.4 Å². The van der Waals surface area contributed by atoms with E-state index in [0.717, 1.165) is 12.1 Å². The molecule has 2 amide bonds. The molecule has 1 heterocycles. The van der Waals surface area contributed by atoms with Crippen LogP contribution >= 0.6 is 0 Å². The SMILES string of the molecule is COc1cccc(NC(=O)CN2CCN(Cc3ccc(F)c(F)c3)C(=O)C2)c1. The van der Waals surface area contributed by atoms with Gasteiger partial charge < -0.3 is 15.0 Å². The molecule has 1 saturated heterocycles. The average molecular weight is 389 g/mol. The Morgan fingerprint density at radius 3 is 2.68 bits per heavy atom. The van der Waals surface area contributed by atoms with E-state index >= 15 is 0 Å². The molecule has 8 heteroatoms. The normalized spacial score (nSPS) is 14.8. The first-order valence-corrected chi connectivity index (χ1v) is 8.82. The first kappa shape index (κ1) is 19.8. The summed E-state index contributed by atoms with van der Waals surface area (Å²) in [5, 5.41) is 2.78. The van der Waals surface area contributed by atoms with Crippen molar-refractivity contribution in [3.63, 3.8) is 0 Å². The van der Waals surface area contributed by atoms with E-state index in [1.165, 1.54) is 6.07 Å². The molecule has 2 aromatic carbocycles. The second kappa shape index (κ2) is 8.79. The van der Waals surface area contributed by atoms with Gasteiger partial charge in [-0.25, -0.2) is 8.78 Å². The largest absolute Gasteiger partial charge is 0.497 e. The molecule has 148 valence electrons. The lowest BCUT2D eigenvalue weighted by Crippen LogP contribution is -2.51. The Labute approximate surface area is 161 Å². The van der Waals surface area contributed by atoms with Gasteiger partial charge in [-0.05, 0) is 29.8 Å². The number of benzene rings is 2. The van der Waals surface area contributed by atoms with Gasteiger partial charge in [0.15, 0.2) is 11.6 Å². The van der Waals surface area contributed by atoms with E-state index in [1.807, 2.05) is 0 Å². The summed E-state index contributed by atoms with van der Waals surface area (Å²) in [7, 11) is 1.55. The van der Waals surface area contributed by atoms with Crippen LogP contribution in [-0.2, 0) is 16.1 Å². The van der Waals surface area contributed by atoms with E-state index in [2.05, 4.69) is 5.32 Å². The predicted octanol–water partition coefficient (Wildman–Crippen LogP) is 2.26. The van der Waals surface area contributed by atoms with Crippen LogP contribution < -0.4 is 10.1 Å². The molecule has 2 aromatic rings. The first-order chi connectivity index (χ1) is 13.4. The van der Waals surface area contributed by atoms with Crippen molar-refractivity contribution >= 4 is 17.5 Å². The number of methoxy groups -OCH3 is 1. The number of nitrogens with one attached hydrogen (secondary N) is 1. The molecule has 0 atom stereocenters. The molecule has 1 aliphatic heterocycles. The fourth-order valence-electron chi connectivity index (χ4n) is 3.02. The van der Waals surface area contributed by atoms with Crippen LogP contribution in [0.2, 0.25) is 0 Å². The third-order valence-corrected chi connectivity index (χ3v) is 4.48. The summed E-state index contributed by atoms with van der Waals surface area (Å²) in [5.74, 6) is -1.60. The highest BCUT2D eigenvalue weighted by molar-refractivity contribution is 5.93. The predicted molar refractivity (Wildman–Crippen MR) is 99.8 cm³/mol. The maximum atomic E-state index is 13.3. The fraction of sp³-hybridized carbons (Fsp3) is 0.300. The Balaban J connectivity index is 1.51. The lowest BCUT2D eigenvalue weighted by atomic mass is 10.2. The summed E-state index contributed by atoms with van der Waals surface area (Å²) in [6, 6.07) is 10.6. The van der Waals surface area contributed by atoms with Crippen LogP contribution in [0.5, 0.6) is 5.75 Å². The smallest absolute Gasteiger partial charge is 0.238 e. The Kier molecular flexibility index (Phi) is 6.20. The summed E-state index contributed by atoms with van der Waals surface area (Å²) in [6.07, 6.45) is 0. The van der Waals surface area contributed by atoms with Gasteiger partial charge in [-0.1, -0.05) is 12.1 Å². The van der Waals surface area contributed by atoms with Crippen LogP contribution in [0.1, 0.15) is 5.56 Å². The van der Waals surface area contributed by atoms with E-state index < -0.39 is 11.6 Å². The molecule has 28 heavy (non-hydrogen) atoms. The second-order valence-electron chi connectivity index (χ2n) is 6.55. The van der Waals surface area contributed by atoms with Crippen molar-refractivity contribution in [3.05, 3.63) is 59.7 Å². The number of carbonyl (C=O) groups is 2. The average Bonchev–Trinajstić information content (AvgIpc) is 2.67. The first-order valence-electron chi connectivity index (χ1n) is 8.82.